The normalized spacial score (nSPS) is 11.2. The Kier molecular flexibility index (Phi) is 7.34. The minimum Gasteiger partial charge on any atom is -0.508 e. The molecule has 0 saturated heterocycles. The fourth-order valence-electron chi connectivity index (χ4n) is 5.84. The lowest BCUT2D eigenvalue weighted by atomic mass is 10.00. The van der Waals surface area contributed by atoms with Gasteiger partial charge in [0, 0.05) is 33.4 Å². The molecule has 0 spiro atoms. The van der Waals surface area contributed by atoms with Crippen molar-refractivity contribution in [2.24, 2.45) is 0 Å². The van der Waals surface area contributed by atoms with E-state index in [1.165, 1.54) is 0 Å². The Labute approximate surface area is 285 Å². The first kappa shape index (κ1) is 30.2. The van der Waals surface area contributed by atoms with Gasteiger partial charge in [-0.2, -0.15) is 0 Å². The van der Waals surface area contributed by atoms with Crippen molar-refractivity contribution in [3.63, 3.8) is 0 Å². The molecule has 0 aliphatic heterocycles. The smallest absolute Gasteiger partial charge is 0.193 e. The number of fused-ring (bicyclic) bond motifs is 2. The molecule has 0 radical (unpaired) electrons. The third-order valence-electron chi connectivity index (χ3n) is 8.42. The number of aromatic hydroxyl groups is 4. The summed E-state index contributed by atoms with van der Waals surface area (Å²) < 4.78 is 0. The molecular weight excluding hydrogens is 628 g/mol. The molecule has 0 aliphatic carbocycles. The molecule has 8 aromatic rings. The molecule has 4 N–H and O–H groups in total. The van der Waals surface area contributed by atoms with Crippen LogP contribution in [0.15, 0.2) is 133 Å². The van der Waals surface area contributed by atoms with E-state index in [4.69, 9.17) is 19.9 Å². The number of aromatic nitrogens is 4. The van der Waals surface area contributed by atoms with Crippen LogP contribution in [0.25, 0.3) is 67.1 Å². The summed E-state index contributed by atoms with van der Waals surface area (Å²) in [6.45, 7) is 0. The first-order chi connectivity index (χ1) is 24.3. The van der Waals surface area contributed by atoms with Crippen molar-refractivity contribution in [1.82, 2.24) is 19.9 Å². The van der Waals surface area contributed by atoms with Crippen molar-refractivity contribution in [2.75, 3.05) is 0 Å². The average molecular weight is 655 g/mol. The Morgan fingerprint density at radius 3 is 0.880 bits per heavy atom. The van der Waals surface area contributed by atoms with Crippen molar-refractivity contribution in [1.29, 1.82) is 0 Å². The summed E-state index contributed by atoms with van der Waals surface area (Å²) >= 11 is 0. The SMILES string of the molecule is O=C(c1ccc2nc(-c3ccc(O)cc3)c(-c3ccc(O)cc3)nc2c1)c1ccc2nc(-c3ccc(O)cc3)c(-c3ccc(O)cc3)nc2c1. The Hall–Kier alpha value is -7.13. The highest BCUT2D eigenvalue weighted by Gasteiger charge is 2.18. The quantitative estimate of drug-likeness (QED) is 0.130. The third-order valence-corrected chi connectivity index (χ3v) is 8.42. The number of hydrogen-bond acceptors (Lipinski definition) is 9. The van der Waals surface area contributed by atoms with Crippen LogP contribution < -0.4 is 0 Å². The Bertz CT molecular complexity index is 2390. The first-order valence-electron chi connectivity index (χ1n) is 15.6. The van der Waals surface area contributed by atoms with Gasteiger partial charge in [0.15, 0.2) is 5.78 Å². The highest BCUT2D eigenvalue weighted by atomic mass is 16.3. The van der Waals surface area contributed by atoms with E-state index in [9.17, 15) is 25.2 Å². The minimum absolute atomic E-state index is 0.119. The zero-order valence-corrected chi connectivity index (χ0v) is 26.2. The lowest BCUT2D eigenvalue weighted by Crippen LogP contribution is -2.04. The molecule has 2 aromatic heterocycles. The van der Waals surface area contributed by atoms with Gasteiger partial charge in [-0.25, -0.2) is 19.9 Å². The van der Waals surface area contributed by atoms with E-state index in [0.717, 1.165) is 22.3 Å². The van der Waals surface area contributed by atoms with Crippen LogP contribution in [0, 0.1) is 0 Å². The second-order valence-electron chi connectivity index (χ2n) is 11.8. The van der Waals surface area contributed by atoms with Crippen molar-refractivity contribution in [3.05, 3.63) is 145 Å². The van der Waals surface area contributed by atoms with Crippen molar-refractivity contribution < 1.29 is 25.2 Å². The first-order valence-corrected chi connectivity index (χ1v) is 15.6. The molecular formula is C41H26N4O5. The molecule has 8 rings (SSSR count). The van der Waals surface area contributed by atoms with Crippen LogP contribution >= 0.6 is 0 Å². The van der Waals surface area contributed by atoms with Gasteiger partial charge in [0.1, 0.15) is 23.0 Å². The summed E-state index contributed by atoms with van der Waals surface area (Å²) in [6, 6.07) is 37.0. The topological polar surface area (TPSA) is 150 Å². The van der Waals surface area contributed by atoms with Crippen LogP contribution in [0.5, 0.6) is 23.0 Å². The van der Waals surface area contributed by atoms with Gasteiger partial charge in [-0.15, -0.1) is 0 Å². The van der Waals surface area contributed by atoms with E-state index >= 15 is 0 Å². The number of phenolic OH excluding ortho intramolecular Hbond substituents is 4. The van der Waals surface area contributed by atoms with Crippen molar-refractivity contribution >= 4 is 27.9 Å². The number of benzene rings is 6. The second-order valence-corrected chi connectivity index (χ2v) is 11.8. The van der Waals surface area contributed by atoms with Gasteiger partial charge in [-0.05, 0) is 133 Å². The second kappa shape index (κ2) is 12.1. The molecule has 9 heteroatoms. The Morgan fingerprint density at radius 2 is 0.600 bits per heavy atom. The van der Waals surface area contributed by atoms with Gasteiger partial charge >= 0.3 is 0 Å². The number of carbonyl (C=O) groups is 1. The lowest BCUT2D eigenvalue weighted by Gasteiger charge is -2.12. The van der Waals surface area contributed by atoms with Crippen LogP contribution in [0.3, 0.4) is 0 Å². The minimum atomic E-state index is -0.236. The Balaban J connectivity index is 1.22. The zero-order valence-electron chi connectivity index (χ0n) is 26.2. The van der Waals surface area contributed by atoms with Gasteiger partial charge < -0.3 is 20.4 Å². The maximum absolute atomic E-state index is 14.0. The molecule has 0 saturated carbocycles. The number of nitrogens with zero attached hydrogens (tertiary/aromatic N) is 4. The molecule has 9 nitrogen and oxygen atoms in total. The highest BCUT2D eigenvalue weighted by Crippen LogP contribution is 2.35. The van der Waals surface area contributed by atoms with Gasteiger partial charge in [0.05, 0.1) is 44.8 Å². The summed E-state index contributed by atoms with van der Waals surface area (Å²) in [5.41, 5.74) is 8.23. The molecule has 0 unspecified atom stereocenters. The van der Waals surface area contributed by atoms with E-state index in [0.29, 0.717) is 56.0 Å². The summed E-state index contributed by atoms with van der Waals surface area (Å²) in [6.07, 6.45) is 0. The van der Waals surface area contributed by atoms with Crippen molar-refractivity contribution in [2.45, 2.75) is 0 Å². The standard InChI is InChI=1S/C41H26N4O5/c46-29-11-1-23(2-12-29)37-39(25-5-15-31(48)16-6-25)44-35-21-27(9-19-33(35)42-37)41(50)28-10-20-34-36(22-28)45-40(26-7-17-32(49)18-8-26)38(43-34)24-3-13-30(47)14-4-24/h1-22,46-49H. The molecule has 240 valence electrons. The summed E-state index contributed by atoms with van der Waals surface area (Å²) in [5, 5.41) is 39.5. The van der Waals surface area contributed by atoms with Crippen LogP contribution in [-0.4, -0.2) is 46.1 Å². The molecule has 0 aliphatic rings. The van der Waals surface area contributed by atoms with Crippen LogP contribution in [0.2, 0.25) is 0 Å². The summed E-state index contributed by atoms with van der Waals surface area (Å²) in [4.78, 5) is 33.7. The highest BCUT2D eigenvalue weighted by molar-refractivity contribution is 6.11. The van der Waals surface area contributed by atoms with Gasteiger partial charge in [-0.1, -0.05) is 0 Å². The number of ketones is 1. The molecule has 6 aromatic carbocycles. The largest absolute Gasteiger partial charge is 0.508 e. The zero-order chi connectivity index (χ0) is 34.4. The maximum atomic E-state index is 14.0. The van der Waals surface area contributed by atoms with E-state index in [1.807, 2.05) is 0 Å². The molecule has 0 atom stereocenters. The van der Waals surface area contributed by atoms with Crippen LogP contribution in [-0.2, 0) is 0 Å². The summed E-state index contributed by atoms with van der Waals surface area (Å²) in [7, 11) is 0. The van der Waals surface area contributed by atoms with Gasteiger partial charge in [0.25, 0.3) is 0 Å². The van der Waals surface area contributed by atoms with E-state index in [-0.39, 0.29) is 28.8 Å². The van der Waals surface area contributed by atoms with Crippen LogP contribution in [0.1, 0.15) is 15.9 Å². The van der Waals surface area contributed by atoms with Gasteiger partial charge in [-0.3, -0.25) is 4.79 Å². The fourth-order valence-corrected chi connectivity index (χ4v) is 5.84. The third kappa shape index (κ3) is 5.69. The fraction of sp³-hybridized carbons (Fsp3) is 0. The molecule has 0 bridgehead atoms. The van der Waals surface area contributed by atoms with Crippen molar-refractivity contribution in [3.8, 4) is 68.0 Å². The molecule has 2 heterocycles. The number of phenols is 4. The molecule has 0 amide bonds. The number of rotatable bonds is 6. The summed E-state index contributed by atoms with van der Waals surface area (Å²) in [5.74, 6) is 0.263. The molecule has 0 fully saturated rings. The average Bonchev–Trinajstić information content (AvgIpc) is 3.14. The van der Waals surface area contributed by atoms with E-state index < -0.39 is 0 Å². The lowest BCUT2D eigenvalue weighted by molar-refractivity contribution is 0.103. The maximum Gasteiger partial charge on any atom is 0.193 e. The van der Waals surface area contributed by atoms with Gasteiger partial charge in [0.2, 0.25) is 0 Å². The number of carbonyl (C=O) groups excluding carboxylic acids is 1. The van der Waals surface area contributed by atoms with E-state index in [1.54, 1.807) is 133 Å². The number of hydrogen-bond donors (Lipinski definition) is 4. The Morgan fingerprint density at radius 1 is 0.340 bits per heavy atom. The molecule has 50 heavy (non-hydrogen) atoms. The van der Waals surface area contributed by atoms with E-state index in [2.05, 4.69) is 0 Å². The monoisotopic (exact) mass is 654 g/mol. The predicted molar refractivity (Wildman–Crippen MR) is 191 cm³/mol. The predicted octanol–water partition coefficient (Wildman–Crippen LogP) is 8.29. The van der Waals surface area contributed by atoms with Crippen LogP contribution in [0.4, 0.5) is 0 Å².